The summed E-state index contributed by atoms with van der Waals surface area (Å²) in [6, 6.07) is 19.1. The molecule has 0 bridgehead atoms. The van der Waals surface area contributed by atoms with Gasteiger partial charge in [0.05, 0.1) is 30.4 Å². The molecule has 1 N–H and O–H groups in total. The fourth-order valence-corrected chi connectivity index (χ4v) is 5.43. The van der Waals surface area contributed by atoms with E-state index in [1.807, 2.05) is 28.8 Å². The van der Waals surface area contributed by atoms with Crippen LogP contribution in [0.2, 0.25) is 0 Å². The summed E-state index contributed by atoms with van der Waals surface area (Å²) < 4.78 is 28.7. The summed E-state index contributed by atoms with van der Waals surface area (Å²) >= 11 is 1.12. The Kier molecular flexibility index (Phi) is 6.99. The maximum absolute atomic E-state index is 15.4. The number of imidazole rings is 1. The number of pyridine rings is 1. The third-order valence-corrected chi connectivity index (χ3v) is 7.80. The van der Waals surface area contributed by atoms with Gasteiger partial charge in [0.1, 0.15) is 28.0 Å². The Bertz CT molecular complexity index is 1750. The zero-order valence-electron chi connectivity index (χ0n) is 21.2. The number of fused-ring (bicyclic) bond motifs is 1. The number of carboxylic acids is 1. The molecule has 8 nitrogen and oxygen atoms in total. The number of benzene rings is 2. The SMILES string of the molecule is [C-]#[N+]c1ccc(COc2cccc(-c3ccc(Cc4nc5sc(C(=O)O)cc5n4CC4CCO4)c(F)c3)n2)cc1. The van der Waals surface area contributed by atoms with Crippen LogP contribution in [-0.2, 0) is 24.3 Å². The maximum Gasteiger partial charge on any atom is 0.346 e. The molecule has 1 aliphatic heterocycles. The zero-order valence-corrected chi connectivity index (χ0v) is 22.0. The zero-order chi connectivity index (χ0) is 27.6. The highest BCUT2D eigenvalue weighted by Crippen LogP contribution is 2.30. The van der Waals surface area contributed by atoms with Gasteiger partial charge in [0.25, 0.3) is 0 Å². The molecule has 40 heavy (non-hydrogen) atoms. The van der Waals surface area contributed by atoms with Crippen LogP contribution in [0, 0.1) is 12.4 Å². The average Bonchev–Trinajstić information content (AvgIpc) is 3.49. The number of aromatic carboxylic acids is 1. The molecule has 1 saturated heterocycles. The van der Waals surface area contributed by atoms with Gasteiger partial charge in [-0.25, -0.2) is 24.0 Å². The van der Waals surface area contributed by atoms with Crippen molar-refractivity contribution in [1.29, 1.82) is 0 Å². The summed E-state index contributed by atoms with van der Waals surface area (Å²) in [5.74, 6) is -0.291. The van der Waals surface area contributed by atoms with Crippen LogP contribution >= 0.6 is 11.3 Å². The molecule has 1 atom stereocenters. The molecule has 1 aliphatic rings. The van der Waals surface area contributed by atoms with E-state index >= 15 is 4.39 Å². The van der Waals surface area contributed by atoms with Crippen LogP contribution in [0.3, 0.4) is 0 Å². The Morgan fingerprint density at radius 3 is 2.70 bits per heavy atom. The van der Waals surface area contributed by atoms with E-state index in [1.54, 1.807) is 36.4 Å². The molecule has 0 radical (unpaired) electrons. The molecule has 10 heteroatoms. The number of nitrogens with zero attached hydrogens (tertiary/aromatic N) is 4. The first kappa shape index (κ1) is 25.7. The lowest BCUT2D eigenvalue weighted by Gasteiger charge is -2.27. The monoisotopic (exact) mass is 554 g/mol. The highest BCUT2D eigenvalue weighted by atomic mass is 32.1. The van der Waals surface area contributed by atoms with E-state index in [-0.39, 0.29) is 23.2 Å². The van der Waals surface area contributed by atoms with Gasteiger partial charge in [-0.15, -0.1) is 11.3 Å². The van der Waals surface area contributed by atoms with E-state index in [9.17, 15) is 9.90 Å². The van der Waals surface area contributed by atoms with Crippen molar-refractivity contribution < 1.29 is 23.8 Å². The normalized spacial score (nSPS) is 14.6. The quantitative estimate of drug-likeness (QED) is 0.209. The molecule has 200 valence electrons. The van der Waals surface area contributed by atoms with E-state index in [0.717, 1.165) is 28.8 Å². The molecule has 3 aromatic heterocycles. The predicted octanol–water partition coefficient (Wildman–Crippen LogP) is 6.51. The lowest BCUT2D eigenvalue weighted by atomic mass is 10.1. The number of hydrogen-bond donors (Lipinski definition) is 1. The molecule has 2 aromatic carbocycles. The van der Waals surface area contributed by atoms with Gasteiger partial charge in [0, 0.05) is 24.7 Å². The highest BCUT2D eigenvalue weighted by Gasteiger charge is 2.24. The van der Waals surface area contributed by atoms with Crippen molar-refractivity contribution in [1.82, 2.24) is 14.5 Å². The molecular formula is C30H23FN4O4S. The summed E-state index contributed by atoms with van der Waals surface area (Å²) in [4.78, 5) is 24.9. The fraction of sp³-hybridized carbons (Fsp3) is 0.200. The van der Waals surface area contributed by atoms with Crippen LogP contribution in [0.5, 0.6) is 5.88 Å². The van der Waals surface area contributed by atoms with Gasteiger partial charge in [-0.2, -0.15) is 0 Å². The molecule has 1 unspecified atom stereocenters. The Hall–Kier alpha value is -4.59. The van der Waals surface area contributed by atoms with Gasteiger partial charge in [-0.1, -0.05) is 42.5 Å². The van der Waals surface area contributed by atoms with E-state index in [0.29, 0.717) is 58.8 Å². The lowest BCUT2D eigenvalue weighted by molar-refractivity contribution is -0.0589. The van der Waals surface area contributed by atoms with Crippen LogP contribution in [0.4, 0.5) is 10.1 Å². The number of halogens is 1. The topological polar surface area (TPSA) is 90.8 Å². The third kappa shape index (κ3) is 5.30. The maximum atomic E-state index is 15.4. The van der Waals surface area contributed by atoms with Crippen molar-refractivity contribution in [3.8, 4) is 17.1 Å². The van der Waals surface area contributed by atoms with Crippen molar-refractivity contribution in [2.45, 2.75) is 32.1 Å². The molecule has 0 amide bonds. The summed E-state index contributed by atoms with van der Waals surface area (Å²) in [6.07, 6.45) is 1.21. The minimum Gasteiger partial charge on any atom is -0.477 e. The molecular weight excluding hydrogens is 531 g/mol. The second-order valence-corrected chi connectivity index (χ2v) is 10.5. The molecule has 0 saturated carbocycles. The van der Waals surface area contributed by atoms with Crippen LogP contribution in [0.1, 0.15) is 33.0 Å². The minimum absolute atomic E-state index is 0.0373. The fourth-order valence-electron chi connectivity index (χ4n) is 4.54. The van der Waals surface area contributed by atoms with Crippen molar-refractivity contribution >= 4 is 33.3 Å². The van der Waals surface area contributed by atoms with Gasteiger partial charge >= 0.3 is 5.97 Å². The van der Waals surface area contributed by atoms with Crippen molar-refractivity contribution in [2.24, 2.45) is 0 Å². The van der Waals surface area contributed by atoms with Crippen LogP contribution in [-0.4, -0.2) is 38.3 Å². The van der Waals surface area contributed by atoms with Crippen molar-refractivity contribution in [2.75, 3.05) is 6.61 Å². The third-order valence-electron chi connectivity index (χ3n) is 6.79. The number of carboxylic acid groups (broad SMARTS) is 1. The average molecular weight is 555 g/mol. The van der Waals surface area contributed by atoms with Crippen LogP contribution < -0.4 is 4.74 Å². The lowest BCUT2D eigenvalue weighted by Crippen LogP contribution is -2.31. The largest absolute Gasteiger partial charge is 0.477 e. The Balaban J connectivity index is 1.21. The van der Waals surface area contributed by atoms with Crippen LogP contribution in [0.15, 0.2) is 66.7 Å². The first-order chi connectivity index (χ1) is 19.5. The molecule has 6 rings (SSSR count). The minimum atomic E-state index is -0.990. The summed E-state index contributed by atoms with van der Waals surface area (Å²) in [7, 11) is 0. The predicted molar refractivity (Wildman–Crippen MR) is 148 cm³/mol. The number of thiophene rings is 1. The highest BCUT2D eigenvalue weighted by molar-refractivity contribution is 7.20. The number of aromatic nitrogens is 3. The van der Waals surface area contributed by atoms with E-state index < -0.39 is 5.97 Å². The van der Waals surface area contributed by atoms with E-state index in [2.05, 4.69) is 14.8 Å². The second kappa shape index (κ2) is 10.9. The number of carbonyl (C=O) groups is 1. The van der Waals surface area contributed by atoms with Gasteiger partial charge in [-0.3, -0.25) is 0 Å². The number of ether oxygens (including phenoxy) is 2. The summed E-state index contributed by atoms with van der Waals surface area (Å²) in [5, 5.41) is 9.39. The number of hydrogen-bond acceptors (Lipinski definition) is 6. The first-order valence-electron chi connectivity index (χ1n) is 12.7. The molecule has 0 aliphatic carbocycles. The van der Waals surface area contributed by atoms with Gasteiger partial charge < -0.3 is 19.1 Å². The number of rotatable bonds is 9. The van der Waals surface area contributed by atoms with Gasteiger partial charge in [0.15, 0.2) is 5.69 Å². The smallest absolute Gasteiger partial charge is 0.346 e. The Morgan fingerprint density at radius 1 is 1.18 bits per heavy atom. The molecule has 1 fully saturated rings. The standard InChI is InChI=1S/C30H23FN4O4S/c1-32-21-9-5-18(6-10-21)17-39-28-4-2-3-24(33-28)20-8-7-19(23(31)13-20)14-27-34-29-25(15-26(40-29)30(36)37)35(27)16-22-11-12-38-22/h2-10,13,15,22H,11-12,14,16-17H2,(H,36,37). The molecule has 4 heterocycles. The summed E-state index contributed by atoms with van der Waals surface area (Å²) in [5.41, 5.74) is 3.89. The van der Waals surface area contributed by atoms with Gasteiger partial charge in [-0.05, 0) is 35.7 Å². The van der Waals surface area contributed by atoms with Crippen molar-refractivity contribution in [3.63, 3.8) is 0 Å². The Morgan fingerprint density at radius 2 is 2.00 bits per heavy atom. The second-order valence-electron chi connectivity index (χ2n) is 9.44. The van der Waals surface area contributed by atoms with E-state index in [1.165, 1.54) is 6.07 Å². The summed E-state index contributed by atoms with van der Waals surface area (Å²) in [6.45, 7) is 8.59. The first-order valence-corrected chi connectivity index (χ1v) is 13.5. The van der Waals surface area contributed by atoms with E-state index in [4.69, 9.17) is 16.0 Å². The molecule has 5 aromatic rings. The van der Waals surface area contributed by atoms with Gasteiger partial charge in [0.2, 0.25) is 5.88 Å². The van der Waals surface area contributed by atoms with Crippen LogP contribution in [0.25, 0.3) is 26.4 Å². The van der Waals surface area contributed by atoms with Crippen molar-refractivity contribution in [3.05, 3.63) is 106 Å². The molecule has 0 spiro atoms. The Labute approximate surface area is 233 Å².